The van der Waals surface area contributed by atoms with Crippen LogP contribution in [0.4, 0.5) is 0 Å². The Kier molecular flexibility index (Phi) is 4.49. The van der Waals surface area contributed by atoms with Crippen LogP contribution in [0.1, 0.15) is 19.8 Å². The van der Waals surface area contributed by atoms with E-state index in [2.05, 4.69) is 5.32 Å². The molecule has 0 radical (unpaired) electrons. The van der Waals surface area contributed by atoms with E-state index in [1.165, 1.54) is 6.08 Å². The third-order valence-electron chi connectivity index (χ3n) is 2.67. The highest BCUT2D eigenvalue weighted by Crippen LogP contribution is 2.09. The van der Waals surface area contributed by atoms with E-state index in [-0.39, 0.29) is 11.9 Å². The van der Waals surface area contributed by atoms with Crippen molar-refractivity contribution in [1.29, 1.82) is 0 Å². The summed E-state index contributed by atoms with van der Waals surface area (Å²) in [4.78, 5) is 23.3. The van der Waals surface area contributed by atoms with Gasteiger partial charge < -0.3 is 15.3 Å². The molecule has 0 aliphatic carbocycles. The molecule has 0 aromatic carbocycles. The van der Waals surface area contributed by atoms with Crippen LogP contribution >= 0.6 is 0 Å². The summed E-state index contributed by atoms with van der Waals surface area (Å²) in [6.07, 6.45) is 2.59. The Hall–Kier alpha value is -1.36. The fraction of sp³-hybridized carbons (Fsp3) is 0.636. The van der Waals surface area contributed by atoms with Gasteiger partial charge >= 0.3 is 5.97 Å². The Morgan fingerprint density at radius 3 is 2.94 bits per heavy atom. The van der Waals surface area contributed by atoms with Crippen LogP contribution in [0.3, 0.4) is 0 Å². The molecular formula is C11H18N2O3. The Balaban J connectivity index is 2.34. The van der Waals surface area contributed by atoms with Gasteiger partial charge in [-0.05, 0) is 13.3 Å². The number of hydrogen-bond acceptors (Lipinski definition) is 3. The second-order valence-electron chi connectivity index (χ2n) is 4.22. The van der Waals surface area contributed by atoms with Gasteiger partial charge in [-0.15, -0.1) is 0 Å². The van der Waals surface area contributed by atoms with E-state index in [0.29, 0.717) is 19.5 Å². The van der Waals surface area contributed by atoms with Gasteiger partial charge in [0.2, 0.25) is 5.91 Å². The minimum absolute atomic E-state index is 0.177. The van der Waals surface area contributed by atoms with Crippen LogP contribution in [-0.2, 0) is 9.59 Å². The Bertz CT molecular complexity index is 312. The lowest BCUT2D eigenvalue weighted by Gasteiger charge is -2.30. The van der Waals surface area contributed by atoms with E-state index in [1.807, 2.05) is 0 Å². The highest BCUT2D eigenvalue weighted by atomic mass is 16.4. The number of nitrogens with one attached hydrogen (secondary N) is 1. The maximum Gasteiger partial charge on any atom is 0.328 e. The van der Waals surface area contributed by atoms with Crippen molar-refractivity contribution in [3.05, 3.63) is 11.6 Å². The van der Waals surface area contributed by atoms with Crippen molar-refractivity contribution in [2.75, 3.05) is 20.1 Å². The van der Waals surface area contributed by atoms with E-state index in [4.69, 9.17) is 5.11 Å². The molecule has 1 fully saturated rings. The van der Waals surface area contributed by atoms with Gasteiger partial charge in [0.05, 0.1) is 0 Å². The third kappa shape index (κ3) is 4.02. The number of carbonyl (C=O) groups is 2. The predicted molar refractivity (Wildman–Crippen MR) is 60.1 cm³/mol. The summed E-state index contributed by atoms with van der Waals surface area (Å²) >= 11 is 0. The molecule has 0 spiro atoms. The molecule has 1 unspecified atom stereocenters. The van der Waals surface area contributed by atoms with Crippen molar-refractivity contribution in [3.63, 3.8) is 0 Å². The van der Waals surface area contributed by atoms with Crippen LogP contribution in [0.15, 0.2) is 11.6 Å². The first-order valence-electron chi connectivity index (χ1n) is 5.36. The largest absolute Gasteiger partial charge is 0.478 e. The van der Waals surface area contributed by atoms with E-state index in [0.717, 1.165) is 12.0 Å². The molecule has 5 nitrogen and oxygen atoms in total. The van der Waals surface area contributed by atoms with Crippen molar-refractivity contribution < 1.29 is 14.7 Å². The zero-order valence-electron chi connectivity index (χ0n) is 9.69. The Labute approximate surface area is 95.1 Å². The van der Waals surface area contributed by atoms with Gasteiger partial charge in [-0.1, -0.05) is 5.57 Å². The van der Waals surface area contributed by atoms with Crippen LogP contribution in [0.25, 0.3) is 0 Å². The number of rotatable bonds is 4. The summed E-state index contributed by atoms with van der Waals surface area (Å²) in [6.45, 7) is 3.02. The van der Waals surface area contributed by atoms with E-state index >= 15 is 0 Å². The van der Waals surface area contributed by atoms with Crippen molar-refractivity contribution >= 4 is 11.9 Å². The monoisotopic (exact) mass is 226 g/mol. The lowest BCUT2D eigenvalue weighted by molar-refractivity contribution is -0.132. The fourth-order valence-corrected chi connectivity index (χ4v) is 1.75. The number of hydrogen-bond donors (Lipinski definition) is 2. The van der Waals surface area contributed by atoms with Crippen LogP contribution < -0.4 is 5.32 Å². The van der Waals surface area contributed by atoms with Gasteiger partial charge in [0.15, 0.2) is 0 Å². The van der Waals surface area contributed by atoms with Gasteiger partial charge in [-0.2, -0.15) is 0 Å². The minimum Gasteiger partial charge on any atom is -0.478 e. The Morgan fingerprint density at radius 1 is 1.69 bits per heavy atom. The summed E-state index contributed by atoms with van der Waals surface area (Å²) in [5, 5.41) is 11.8. The number of piperidine rings is 1. The van der Waals surface area contributed by atoms with Crippen LogP contribution in [0.2, 0.25) is 0 Å². The molecule has 1 amide bonds. The molecule has 1 aliphatic rings. The van der Waals surface area contributed by atoms with Gasteiger partial charge in [0.25, 0.3) is 0 Å². The van der Waals surface area contributed by atoms with Crippen LogP contribution in [-0.4, -0.2) is 48.1 Å². The third-order valence-corrected chi connectivity index (χ3v) is 2.67. The first-order chi connectivity index (χ1) is 7.49. The molecule has 2 N–H and O–H groups in total. The maximum absolute atomic E-state index is 11.2. The molecule has 1 rings (SSSR count). The van der Waals surface area contributed by atoms with Gasteiger partial charge in [0.1, 0.15) is 0 Å². The normalized spacial score (nSPS) is 22.4. The molecule has 16 heavy (non-hydrogen) atoms. The number of likely N-dealkylation sites (tertiary alicyclic amines) is 1. The summed E-state index contributed by atoms with van der Waals surface area (Å²) in [5.74, 6) is -0.744. The van der Waals surface area contributed by atoms with Crippen molar-refractivity contribution in [1.82, 2.24) is 10.2 Å². The average molecular weight is 226 g/mol. The standard InChI is InChI=1S/C11H18N2O3/c1-8(5-11(15)16)6-12-9-3-4-10(14)13(2)7-9/h5,9,12H,3-4,6-7H2,1-2H3,(H,15,16). The first-order valence-corrected chi connectivity index (χ1v) is 5.36. The number of carboxylic acids is 1. The zero-order valence-corrected chi connectivity index (χ0v) is 9.69. The molecule has 1 atom stereocenters. The molecule has 0 aromatic rings. The van der Waals surface area contributed by atoms with Crippen LogP contribution in [0.5, 0.6) is 0 Å². The minimum atomic E-state index is -0.921. The van der Waals surface area contributed by atoms with Gasteiger partial charge in [-0.25, -0.2) is 4.79 Å². The summed E-state index contributed by atoms with van der Waals surface area (Å²) in [7, 11) is 1.79. The maximum atomic E-state index is 11.2. The first kappa shape index (κ1) is 12.7. The molecule has 0 bridgehead atoms. The number of nitrogens with zero attached hydrogens (tertiary/aromatic N) is 1. The quantitative estimate of drug-likeness (QED) is 0.673. The number of likely N-dealkylation sites (N-methyl/N-ethyl adjacent to an activating group) is 1. The average Bonchev–Trinajstić information content (AvgIpc) is 2.19. The number of carbonyl (C=O) groups excluding carboxylic acids is 1. The SMILES string of the molecule is CC(=CC(=O)O)CNC1CCC(=O)N(C)C1. The molecule has 1 aliphatic heterocycles. The second kappa shape index (κ2) is 5.65. The smallest absolute Gasteiger partial charge is 0.328 e. The number of aliphatic carboxylic acids is 1. The van der Waals surface area contributed by atoms with E-state index in [1.54, 1.807) is 18.9 Å². The Morgan fingerprint density at radius 2 is 2.38 bits per heavy atom. The van der Waals surface area contributed by atoms with Crippen molar-refractivity contribution in [2.24, 2.45) is 0 Å². The second-order valence-corrected chi connectivity index (χ2v) is 4.22. The highest BCUT2D eigenvalue weighted by Gasteiger charge is 2.21. The highest BCUT2D eigenvalue weighted by molar-refractivity contribution is 5.80. The zero-order chi connectivity index (χ0) is 12.1. The molecule has 0 saturated carbocycles. The predicted octanol–water partition coefficient (Wildman–Crippen LogP) is 0.228. The summed E-state index contributed by atoms with van der Waals surface area (Å²) in [6, 6.07) is 0.264. The fourth-order valence-electron chi connectivity index (χ4n) is 1.75. The van der Waals surface area contributed by atoms with Crippen molar-refractivity contribution in [2.45, 2.75) is 25.8 Å². The van der Waals surface area contributed by atoms with Crippen molar-refractivity contribution in [3.8, 4) is 0 Å². The molecule has 1 saturated heterocycles. The van der Waals surface area contributed by atoms with Crippen LogP contribution in [0, 0.1) is 0 Å². The topological polar surface area (TPSA) is 69.6 Å². The molecule has 90 valence electrons. The lowest BCUT2D eigenvalue weighted by Crippen LogP contribution is -2.46. The number of amides is 1. The molecule has 0 aromatic heterocycles. The van der Waals surface area contributed by atoms with E-state index < -0.39 is 5.97 Å². The molecular weight excluding hydrogens is 208 g/mol. The number of carboxylic acid groups (broad SMARTS) is 1. The lowest BCUT2D eigenvalue weighted by atomic mass is 10.1. The molecule has 5 heteroatoms. The van der Waals surface area contributed by atoms with Gasteiger partial charge in [-0.3, -0.25) is 4.79 Å². The summed E-state index contributed by atoms with van der Waals surface area (Å²) < 4.78 is 0. The molecule has 1 heterocycles. The summed E-state index contributed by atoms with van der Waals surface area (Å²) in [5.41, 5.74) is 0.784. The van der Waals surface area contributed by atoms with E-state index in [9.17, 15) is 9.59 Å². The van der Waals surface area contributed by atoms with Gasteiger partial charge in [0, 0.05) is 38.7 Å².